The summed E-state index contributed by atoms with van der Waals surface area (Å²) in [5.74, 6) is -0.413. The molecular weight excluding hydrogens is 257 g/mol. The number of anilines is 1. The van der Waals surface area contributed by atoms with Gasteiger partial charge in [-0.2, -0.15) is 13.2 Å². The molecular formula is C13H17F3N2O. The predicted molar refractivity (Wildman–Crippen MR) is 67.5 cm³/mol. The maximum atomic E-state index is 12.7. The van der Waals surface area contributed by atoms with Gasteiger partial charge >= 0.3 is 6.18 Å². The van der Waals surface area contributed by atoms with E-state index < -0.39 is 23.7 Å². The Bertz CT molecular complexity index is 444. The van der Waals surface area contributed by atoms with Gasteiger partial charge in [-0.1, -0.05) is 26.0 Å². The minimum atomic E-state index is -4.51. The topological polar surface area (TPSA) is 55.1 Å². The second kappa shape index (κ2) is 6.06. The number of carbonyl (C=O) groups excluding carboxylic acids is 1. The molecule has 106 valence electrons. The van der Waals surface area contributed by atoms with Crippen molar-refractivity contribution in [1.29, 1.82) is 0 Å². The first-order valence-corrected chi connectivity index (χ1v) is 5.94. The molecule has 19 heavy (non-hydrogen) atoms. The number of para-hydroxylation sites is 1. The summed E-state index contributed by atoms with van der Waals surface area (Å²) in [6.07, 6.45) is -4.09. The maximum absolute atomic E-state index is 12.7. The molecule has 3 nitrogen and oxygen atoms in total. The number of hydrogen-bond donors (Lipinski definition) is 2. The van der Waals surface area contributed by atoms with Gasteiger partial charge in [-0.3, -0.25) is 4.79 Å². The zero-order chi connectivity index (χ0) is 14.6. The van der Waals surface area contributed by atoms with E-state index in [-0.39, 0.29) is 11.6 Å². The van der Waals surface area contributed by atoms with E-state index in [9.17, 15) is 18.0 Å². The third-order valence-corrected chi connectivity index (χ3v) is 2.55. The minimum Gasteiger partial charge on any atom is -0.324 e. The molecule has 0 bridgehead atoms. The summed E-state index contributed by atoms with van der Waals surface area (Å²) in [6, 6.07) is 4.01. The van der Waals surface area contributed by atoms with Crippen LogP contribution < -0.4 is 11.1 Å². The zero-order valence-corrected chi connectivity index (χ0v) is 10.8. The van der Waals surface area contributed by atoms with E-state index in [4.69, 9.17) is 5.73 Å². The SMILES string of the molecule is CC(C)CC(N)C(=O)Nc1ccccc1C(F)(F)F. The molecule has 0 radical (unpaired) electrons. The third-order valence-electron chi connectivity index (χ3n) is 2.55. The third kappa shape index (κ3) is 4.55. The van der Waals surface area contributed by atoms with Gasteiger partial charge in [-0.15, -0.1) is 0 Å². The summed E-state index contributed by atoms with van der Waals surface area (Å²) in [4.78, 5) is 11.7. The lowest BCUT2D eigenvalue weighted by Gasteiger charge is -2.17. The van der Waals surface area contributed by atoms with Gasteiger partial charge < -0.3 is 11.1 Å². The van der Waals surface area contributed by atoms with E-state index >= 15 is 0 Å². The maximum Gasteiger partial charge on any atom is 0.418 e. The number of alkyl halides is 3. The Morgan fingerprint density at radius 2 is 1.89 bits per heavy atom. The summed E-state index contributed by atoms with van der Waals surface area (Å²) in [7, 11) is 0. The fraction of sp³-hybridized carbons (Fsp3) is 0.462. The van der Waals surface area contributed by atoms with Gasteiger partial charge in [0.1, 0.15) is 0 Å². The van der Waals surface area contributed by atoms with E-state index in [0.717, 1.165) is 6.07 Å². The summed E-state index contributed by atoms with van der Waals surface area (Å²) in [5, 5.41) is 2.24. The van der Waals surface area contributed by atoms with Crippen LogP contribution in [0.5, 0.6) is 0 Å². The summed E-state index contributed by atoms with van der Waals surface area (Å²) < 4.78 is 38.2. The van der Waals surface area contributed by atoms with E-state index in [0.29, 0.717) is 6.42 Å². The number of nitrogens with two attached hydrogens (primary N) is 1. The monoisotopic (exact) mass is 274 g/mol. The number of benzene rings is 1. The highest BCUT2D eigenvalue weighted by Gasteiger charge is 2.33. The molecule has 0 spiro atoms. The lowest BCUT2D eigenvalue weighted by atomic mass is 10.0. The molecule has 6 heteroatoms. The van der Waals surface area contributed by atoms with E-state index in [2.05, 4.69) is 5.32 Å². The highest BCUT2D eigenvalue weighted by atomic mass is 19.4. The van der Waals surface area contributed by atoms with Crippen LogP contribution >= 0.6 is 0 Å². The average molecular weight is 274 g/mol. The molecule has 0 saturated heterocycles. The molecule has 3 N–H and O–H groups in total. The van der Waals surface area contributed by atoms with Gasteiger partial charge in [-0.05, 0) is 24.5 Å². The molecule has 1 atom stereocenters. The Hall–Kier alpha value is -1.56. The lowest BCUT2D eigenvalue weighted by Crippen LogP contribution is -2.37. The second-order valence-corrected chi connectivity index (χ2v) is 4.77. The van der Waals surface area contributed by atoms with Crippen LogP contribution in [0.3, 0.4) is 0 Å². The Morgan fingerprint density at radius 1 is 1.32 bits per heavy atom. The summed E-state index contributed by atoms with van der Waals surface area (Å²) in [6.45, 7) is 3.77. The zero-order valence-electron chi connectivity index (χ0n) is 10.8. The first-order chi connectivity index (χ1) is 8.71. The highest BCUT2D eigenvalue weighted by Crippen LogP contribution is 2.34. The quantitative estimate of drug-likeness (QED) is 0.886. The van der Waals surface area contributed by atoms with Crippen molar-refractivity contribution >= 4 is 11.6 Å². The molecule has 0 aliphatic carbocycles. The van der Waals surface area contributed by atoms with E-state index in [1.54, 1.807) is 0 Å². The second-order valence-electron chi connectivity index (χ2n) is 4.77. The summed E-state index contributed by atoms with van der Waals surface area (Å²) >= 11 is 0. The first-order valence-electron chi connectivity index (χ1n) is 5.94. The van der Waals surface area contributed by atoms with Crippen LogP contribution in [0, 0.1) is 5.92 Å². The molecule has 0 aliphatic heterocycles. The van der Waals surface area contributed by atoms with Crippen molar-refractivity contribution in [2.75, 3.05) is 5.32 Å². The number of nitrogens with one attached hydrogen (secondary N) is 1. The Morgan fingerprint density at radius 3 is 2.42 bits per heavy atom. The van der Waals surface area contributed by atoms with E-state index in [1.165, 1.54) is 18.2 Å². The highest BCUT2D eigenvalue weighted by molar-refractivity contribution is 5.95. The van der Waals surface area contributed by atoms with Gasteiger partial charge in [0.2, 0.25) is 5.91 Å². The normalized spacial score (nSPS) is 13.4. The van der Waals surface area contributed by atoms with E-state index in [1.807, 2.05) is 13.8 Å². The Kier molecular flexibility index (Phi) is 4.94. The number of carbonyl (C=O) groups is 1. The van der Waals surface area contributed by atoms with Gasteiger partial charge in [0, 0.05) is 0 Å². The van der Waals surface area contributed by atoms with Gasteiger partial charge in [0.25, 0.3) is 0 Å². The Balaban J connectivity index is 2.86. The predicted octanol–water partition coefficient (Wildman–Crippen LogP) is 3.02. The molecule has 0 aliphatic rings. The van der Waals surface area contributed by atoms with Crippen molar-refractivity contribution in [2.24, 2.45) is 11.7 Å². The van der Waals surface area contributed by atoms with Crippen LogP contribution in [0.2, 0.25) is 0 Å². The van der Waals surface area contributed by atoms with Crippen LogP contribution in [0.1, 0.15) is 25.8 Å². The largest absolute Gasteiger partial charge is 0.418 e. The van der Waals surface area contributed by atoms with Crippen molar-refractivity contribution in [1.82, 2.24) is 0 Å². The van der Waals surface area contributed by atoms with Crippen molar-refractivity contribution in [3.05, 3.63) is 29.8 Å². The smallest absolute Gasteiger partial charge is 0.324 e. The number of hydrogen-bond acceptors (Lipinski definition) is 2. The minimum absolute atomic E-state index is 0.193. The Labute approximate surface area is 110 Å². The molecule has 0 aromatic heterocycles. The lowest BCUT2D eigenvalue weighted by molar-refractivity contribution is -0.137. The molecule has 0 fully saturated rings. The van der Waals surface area contributed by atoms with Crippen molar-refractivity contribution in [3.63, 3.8) is 0 Å². The molecule has 1 amide bonds. The molecule has 0 saturated carbocycles. The standard InChI is InChI=1S/C13H17F3N2O/c1-8(2)7-10(17)12(19)18-11-6-4-3-5-9(11)13(14,15)16/h3-6,8,10H,7,17H2,1-2H3,(H,18,19). The first kappa shape index (κ1) is 15.5. The van der Waals surface area contributed by atoms with Gasteiger partial charge in [0.05, 0.1) is 17.3 Å². The van der Waals surface area contributed by atoms with Crippen LogP contribution in [0.25, 0.3) is 0 Å². The van der Waals surface area contributed by atoms with Crippen molar-refractivity contribution in [3.8, 4) is 0 Å². The van der Waals surface area contributed by atoms with Crippen LogP contribution in [-0.2, 0) is 11.0 Å². The van der Waals surface area contributed by atoms with Crippen molar-refractivity contribution < 1.29 is 18.0 Å². The van der Waals surface area contributed by atoms with Crippen LogP contribution in [0.4, 0.5) is 18.9 Å². The average Bonchev–Trinajstić information content (AvgIpc) is 2.27. The number of rotatable bonds is 4. The molecule has 0 heterocycles. The van der Waals surface area contributed by atoms with Crippen molar-refractivity contribution in [2.45, 2.75) is 32.5 Å². The fourth-order valence-electron chi connectivity index (χ4n) is 1.68. The van der Waals surface area contributed by atoms with Gasteiger partial charge in [-0.25, -0.2) is 0 Å². The van der Waals surface area contributed by atoms with Gasteiger partial charge in [0.15, 0.2) is 0 Å². The van der Waals surface area contributed by atoms with Crippen LogP contribution in [-0.4, -0.2) is 11.9 Å². The number of halogens is 3. The molecule has 1 aromatic carbocycles. The molecule has 1 aromatic rings. The fourth-order valence-corrected chi connectivity index (χ4v) is 1.68. The van der Waals surface area contributed by atoms with Crippen LogP contribution in [0.15, 0.2) is 24.3 Å². The molecule has 1 unspecified atom stereocenters. The number of amides is 1. The summed E-state index contributed by atoms with van der Waals surface area (Å²) in [5.41, 5.74) is 4.49. The molecule has 1 rings (SSSR count).